The predicted molar refractivity (Wildman–Crippen MR) is 194 cm³/mol. The Morgan fingerprint density at radius 3 is 2.36 bits per heavy atom. The fourth-order valence-electron chi connectivity index (χ4n) is 5.94. The quantitative estimate of drug-likeness (QED) is 0.124. The minimum atomic E-state index is -1.68. The van der Waals surface area contributed by atoms with Gasteiger partial charge in [0.25, 0.3) is 0 Å². The average Bonchev–Trinajstić information content (AvgIpc) is 3.77. The molecule has 1 radical (unpaired) electrons. The van der Waals surface area contributed by atoms with Crippen molar-refractivity contribution in [1.82, 2.24) is 15.0 Å². The van der Waals surface area contributed by atoms with Gasteiger partial charge in [0.1, 0.15) is 0 Å². The third kappa shape index (κ3) is 8.54. The van der Waals surface area contributed by atoms with E-state index < -0.39 is 26.2 Å². The van der Waals surface area contributed by atoms with E-state index in [1.807, 2.05) is 93.7 Å². The number of benzene rings is 2. The molecule has 1 saturated carbocycles. The van der Waals surface area contributed by atoms with Crippen molar-refractivity contribution < 1.29 is 30.0 Å². The summed E-state index contributed by atoms with van der Waals surface area (Å²) in [6, 6.07) is 29.3. The molecule has 245 valence electrons. The van der Waals surface area contributed by atoms with Crippen LogP contribution in [-0.4, -0.2) is 23.0 Å². The topological polar surface area (TPSA) is 51.8 Å². The summed E-state index contributed by atoms with van der Waals surface area (Å²) in [5.41, 5.74) is 5.09. The van der Waals surface area contributed by atoms with Crippen LogP contribution in [0.2, 0.25) is 19.6 Å². The molecule has 0 amide bonds. The average molecular weight is 820 g/mol. The predicted octanol–water partition coefficient (Wildman–Crippen LogP) is 10.3. The molecule has 0 spiro atoms. The van der Waals surface area contributed by atoms with Gasteiger partial charge in [0, 0.05) is 49.1 Å². The molecule has 1 aliphatic carbocycles. The van der Waals surface area contributed by atoms with E-state index >= 15 is 0 Å². The Morgan fingerprint density at radius 1 is 0.894 bits per heavy atom. The van der Waals surface area contributed by atoms with Crippen LogP contribution < -0.4 is 5.19 Å². The van der Waals surface area contributed by atoms with Crippen LogP contribution in [0.3, 0.4) is 0 Å². The first-order valence-electron chi connectivity index (χ1n) is 18.2. The van der Waals surface area contributed by atoms with Gasteiger partial charge < -0.3 is 14.4 Å². The van der Waals surface area contributed by atoms with Crippen LogP contribution in [-0.2, 0) is 32.9 Å². The van der Waals surface area contributed by atoms with Crippen molar-refractivity contribution in [2.45, 2.75) is 78.8 Å². The molecule has 0 bridgehead atoms. The number of hydrogen-bond donors (Lipinski definition) is 0. The second-order valence-electron chi connectivity index (χ2n) is 14.1. The van der Waals surface area contributed by atoms with E-state index in [0.29, 0.717) is 17.0 Å². The largest absolute Gasteiger partial charge is 0.486 e. The van der Waals surface area contributed by atoms with Gasteiger partial charge in [-0.1, -0.05) is 101 Å². The number of furan rings is 1. The molecule has 0 aliphatic heterocycles. The smallest absolute Gasteiger partial charge is 0.216 e. The van der Waals surface area contributed by atoms with Gasteiger partial charge in [-0.25, -0.2) is 4.98 Å². The summed E-state index contributed by atoms with van der Waals surface area (Å²) in [7, 11) is -1.68. The standard InChI is InChI=1S/C21H19N2O.C20H26NSi.Ir/c1-21(2,3)13-14-10-11-16-15-7-6-8-17(18-9-4-5-12-22-18)19(15)24-20(16)23-14;1-22(2,3)20-15-21-19(17-11-5-4-6-12-17)14-18(20)13-16-9-7-8-10-16;/h4-7,9-12H,13H2,1-3H3;4-6,11,14-16H,7-10,13H2,1-3H3;/q2*-1;/i2*13D2;. The maximum absolute atomic E-state index is 8.90. The molecule has 6 heteroatoms. The molecule has 0 unspecified atom stereocenters. The number of nitrogens with zero attached hydrogens (tertiary/aromatic N) is 3. The van der Waals surface area contributed by atoms with Crippen molar-refractivity contribution in [2.75, 3.05) is 0 Å². The van der Waals surface area contributed by atoms with Crippen LogP contribution in [0.15, 0.2) is 89.6 Å². The third-order valence-electron chi connectivity index (χ3n) is 8.13. The van der Waals surface area contributed by atoms with Crippen LogP contribution >= 0.6 is 0 Å². The third-order valence-corrected chi connectivity index (χ3v) is 10.1. The fourth-order valence-corrected chi connectivity index (χ4v) is 7.34. The normalized spacial score (nSPS) is 15.6. The summed E-state index contributed by atoms with van der Waals surface area (Å²) in [5, 5.41) is 2.94. The Hall–Kier alpha value is -3.44. The number of pyridine rings is 3. The molecule has 4 heterocycles. The number of rotatable bonds is 6. The Kier molecular flexibility index (Phi) is 9.32. The van der Waals surface area contributed by atoms with Gasteiger partial charge >= 0.3 is 0 Å². The zero-order valence-corrected chi connectivity index (χ0v) is 31.5. The number of fused-ring (bicyclic) bond motifs is 3. The van der Waals surface area contributed by atoms with Crippen molar-refractivity contribution in [2.24, 2.45) is 11.3 Å². The van der Waals surface area contributed by atoms with Crippen LogP contribution in [0.1, 0.15) is 63.2 Å². The van der Waals surface area contributed by atoms with Gasteiger partial charge in [-0.15, -0.1) is 54.1 Å². The summed E-state index contributed by atoms with van der Waals surface area (Å²) in [5.74, 6) is 0.127. The molecular weight excluding hydrogens is 771 g/mol. The first-order valence-corrected chi connectivity index (χ1v) is 19.7. The van der Waals surface area contributed by atoms with E-state index in [0.717, 1.165) is 69.7 Å². The zero-order chi connectivity index (χ0) is 35.9. The molecule has 1 fully saturated rings. The van der Waals surface area contributed by atoms with Crippen LogP contribution in [0.5, 0.6) is 0 Å². The molecule has 47 heavy (non-hydrogen) atoms. The van der Waals surface area contributed by atoms with E-state index in [2.05, 4.69) is 46.7 Å². The molecule has 4 nitrogen and oxygen atoms in total. The second kappa shape index (κ2) is 14.8. The van der Waals surface area contributed by atoms with Crippen LogP contribution in [0.25, 0.3) is 44.6 Å². The summed E-state index contributed by atoms with van der Waals surface area (Å²) in [4.78, 5) is 13.5. The molecular formula is C41H45IrN3OSi-2. The molecule has 0 saturated heterocycles. The molecule has 7 rings (SSSR count). The Bertz CT molecular complexity index is 2100. The van der Waals surface area contributed by atoms with Gasteiger partial charge in [0.2, 0.25) is 5.71 Å². The molecule has 0 atom stereocenters. The van der Waals surface area contributed by atoms with E-state index in [4.69, 9.17) is 9.90 Å². The van der Waals surface area contributed by atoms with Crippen LogP contribution in [0.4, 0.5) is 0 Å². The summed E-state index contributed by atoms with van der Waals surface area (Å²) in [6.45, 7) is 12.4. The maximum atomic E-state index is 8.90. The number of hydrogen-bond acceptors (Lipinski definition) is 4. The van der Waals surface area contributed by atoms with Crippen LogP contribution in [0, 0.1) is 23.5 Å². The summed E-state index contributed by atoms with van der Waals surface area (Å²) >= 11 is 0. The van der Waals surface area contributed by atoms with Gasteiger partial charge in [0.15, 0.2) is 0 Å². The monoisotopic (exact) mass is 820 g/mol. The SMILES string of the molecule is [2H]C([2H])(c1cc(-c2[c-]cccc2)ncc1[Si](C)(C)C)C1CCCC1.[2H]C([2H])(c1ccc2c(n1)oc1c(-c3ccccn3)[c-]ccc12)C(C)(C)C.[Ir]. The minimum Gasteiger partial charge on any atom is -0.486 e. The Morgan fingerprint density at radius 2 is 1.68 bits per heavy atom. The van der Waals surface area contributed by atoms with Crippen molar-refractivity contribution in [3.8, 4) is 22.5 Å². The molecule has 4 aromatic heterocycles. The van der Waals surface area contributed by atoms with Crippen molar-refractivity contribution in [3.05, 3.63) is 109 Å². The van der Waals surface area contributed by atoms with E-state index in [1.54, 1.807) is 12.3 Å². The van der Waals surface area contributed by atoms with Gasteiger partial charge in [0.05, 0.1) is 13.7 Å². The van der Waals surface area contributed by atoms with Crippen molar-refractivity contribution in [1.29, 1.82) is 0 Å². The fraction of sp³-hybridized carbons (Fsp3) is 0.341. The van der Waals surface area contributed by atoms with E-state index in [1.165, 1.54) is 0 Å². The zero-order valence-electron chi connectivity index (χ0n) is 32.1. The first-order chi connectivity index (χ1) is 23.6. The second-order valence-corrected chi connectivity index (χ2v) is 19.1. The first kappa shape index (κ1) is 29.7. The van der Waals surface area contributed by atoms with E-state index in [-0.39, 0.29) is 26.0 Å². The number of aromatic nitrogens is 3. The van der Waals surface area contributed by atoms with Gasteiger partial charge in [-0.2, -0.15) is 0 Å². The van der Waals surface area contributed by atoms with Crippen molar-refractivity contribution in [3.63, 3.8) is 0 Å². The Labute approximate surface area is 300 Å². The molecule has 6 aromatic rings. The van der Waals surface area contributed by atoms with E-state index in [9.17, 15) is 0 Å². The molecule has 2 aromatic carbocycles. The minimum absolute atomic E-state index is 0. The summed E-state index contributed by atoms with van der Waals surface area (Å²) in [6.07, 6.45) is 5.10. The summed E-state index contributed by atoms with van der Waals surface area (Å²) < 4.78 is 40.7. The van der Waals surface area contributed by atoms with Gasteiger partial charge in [-0.3, -0.25) is 0 Å². The maximum Gasteiger partial charge on any atom is 0.216 e. The molecule has 1 aliphatic rings. The Balaban J connectivity index is 0.000000195. The molecule has 0 N–H and O–H groups in total. The van der Waals surface area contributed by atoms with Gasteiger partial charge in [-0.05, 0) is 58.9 Å². The van der Waals surface area contributed by atoms with Crippen molar-refractivity contribution >= 4 is 35.3 Å².